The fourth-order valence-electron chi connectivity index (χ4n) is 3.43. The number of amides is 1. The molecule has 0 bridgehead atoms. The number of nitrogens with zero attached hydrogens (tertiary/aromatic N) is 4. The predicted octanol–water partition coefficient (Wildman–Crippen LogP) is 3.02. The highest BCUT2D eigenvalue weighted by atomic mass is 16.1. The Labute approximate surface area is 158 Å². The summed E-state index contributed by atoms with van der Waals surface area (Å²) in [5.41, 5.74) is 2.11. The Hall–Kier alpha value is -2.99. The monoisotopic (exact) mass is 361 g/mol. The lowest BCUT2D eigenvalue weighted by Crippen LogP contribution is -2.46. The standard InChI is InChI=1S/C21H23N5O/c1-2-25-11-13-26(14-12-25)19-15-17(8-10-22-19)21(27)24-18-7-3-5-16-6-4-9-23-20(16)18/h3-10,15H,2,11-14H2,1H3,(H,24,27). The highest BCUT2D eigenvalue weighted by Crippen LogP contribution is 2.22. The molecular weight excluding hydrogens is 338 g/mol. The van der Waals surface area contributed by atoms with Gasteiger partial charge in [-0.25, -0.2) is 4.98 Å². The Kier molecular flexibility index (Phi) is 4.98. The number of carbonyl (C=O) groups is 1. The van der Waals surface area contributed by atoms with Crippen LogP contribution in [0.5, 0.6) is 0 Å². The molecule has 6 nitrogen and oxygen atoms in total. The minimum atomic E-state index is -0.149. The molecule has 0 spiro atoms. The van der Waals surface area contributed by atoms with E-state index < -0.39 is 0 Å². The van der Waals surface area contributed by atoms with Crippen molar-refractivity contribution < 1.29 is 4.79 Å². The number of likely N-dealkylation sites (N-methyl/N-ethyl adjacent to an activating group) is 1. The topological polar surface area (TPSA) is 61.4 Å². The summed E-state index contributed by atoms with van der Waals surface area (Å²) in [4.78, 5) is 26.3. The quantitative estimate of drug-likeness (QED) is 0.774. The van der Waals surface area contributed by atoms with Crippen molar-refractivity contribution in [3.8, 4) is 0 Å². The molecule has 1 N–H and O–H groups in total. The molecular formula is C21H23N5O. The van der Waals surface area contributed by atoms with Gasteiger partial charge in [-0.3, -0.25) is 9.78 Å². The molecule has 0 aliphatic carbocycles. The van der Waals surface area contributed by atoms with Gasteiger partial charge in [0.15, 0.2) is 0 Å². The van der Waals surface area contributed by atoms with E-state index in [0.29, 0.717) is 11.3 Å². The molecule has 1 fully saturated rings. The van der Waals surface area contributed by atoms with E-state index in [2.05, 4.69) is 32.0 Å². The summed E-state index contributed by atoms with van der Waals surface area (Å²) in [5, 5.41) is 3.99. The van der Waals surface area contributed by atoms with Crippen molar-refractivity contribution in [3.63, 3.8) is 0 Å². The van der Waals surface area contributed by atoms with Gasteiger partial charge in [-0.2, -0.15) is 0 Å². The number of piperazine rings is 1. The largest absolute Gasteiger partial charge is 0.354 e. The number of carbonyl (C=O) groups excluding carboxylic acids is 1. The van der Waals surface area contributed by atoms with Crippen molar-refractivity contribution in [1.29, 1.82) is 0 Å². The zero-order chi connectivity index (χ0) is 18.6. The molecule has 1 aliphatic heterocycles. The molecule has 0 radical (unpaired) electrons. The van der Waals surface area contributed by atoms with E-state index in [0.717, 1.165) is 49.4 Å². The average Bonchev–Trinajstić information content (AvgIpc) is 2.74. The minimum absolute atomic E-state index is 0.149. The number of aromatic nitrogens is 2. The van der Waals surface area contributed by atoms with E-state index in [-0.39, 0.29) is 5.91 Å². The minimum Gasteiger partial charge on any atom is -0.354 e. The van der Waals surface area contributed by atoms with Gasteiger partial charge in [0.25, 0.3) is 5.91 Å². The highest BCUT2D eigenvalue weighted by Gasteiger charge is 2.18. The molecule has 3 aromatic rings. The van der Waals surface area contributed by atoms with Crippen molar-refractivity contribution in [1.82, 2.24) is 14.9 Å². The third-order valence-electron chi connectivity index (χ3n) is 5.03. The van der Waals surface area contributed by atoms with Crippen LogP contribution in [0.15, 0.2) is 54.9 Å². The van der Waals surface area contributed by atoms with Crippen molar-refractivity contribution in [2.24, 2.45) is 0 Å². The second-order valence-electron chi connectivity index (χ2n) is 6.66. The number of benzene rings is 1. The van der Waals surface area contributed by atoms with Gasteiger partial charge in [0.1, 0.15) is 5.82 Å². The fraction of sp³-hybridized carbons (Fsp3) is 0.286. The number of fused-ring (bicyclic) bond motifs is 1. The number of rotatable bonds is 4. The number of hydrogen-bond donors (Lipinski definition) is 1. The van der Waals surface area contributed by atoms with E-state index in [1.807, 2.05) is 36.4 Å². The van der Waals surface area contributed by atoms with Gasteiger partial charge < -0.3 is 15.1 Å². The maximum atomic E-state index is 12.8. The molecule has 3 heterocycles. The molecule has 1 aliphatic rings. The first-order chi connectivity index (χ1) is 13.2. The Balaban J connectivity index is 1.52. The zero-order valence-corrected chi connectivity index (χ0v) is 15.4. The average molecular weight is 361 g/mol. The SMILES string of the molecule is CCN1CCN(c2cc(C(=O)Nc3cccc4cccnc34)ccn2)CC1. The van der Waals surface area contributed by atoms with Crippen LogP contribution in [0, 0.1) is 0 Å². The number of anilines is 2. The maximum Gasteiger partial charge on any atom is 0.255 e. The van der Waals surface area contributed by atoms with Gasteiger partial charge in [0, 0.05) is 49.5 Å². The van der Waals surface area contributed by atoms with Crippen molar-refractivity contribution in [3.05, 3.63) is 60.4 Å². The Morgan fingerprint density at radius 1 is 1.04 bits per heavy atom. The summed E-state index contributed by atoms with van der Waals surface area (Å²) < 4.78 is 0. The van der Waals surface area contributed by atoms with Gasteiger partial charge in [-0.05, 0) is 30.8 Å². The molecule has 6 heteroatoms. The van der Waals surface area contributed by atoms with Gasteiger partial charge in [0.2, 0.25) is 0 Å². The molecule has 4 rings (SSSR count). The van der Waals surface area contributed by atoms with Crippen LogP contribution >= 0.6 is 0 Å². The summed E-state index contributed by atoms with van der Waals surface area (Å²) >= 11 is 0. The first-order valence-electron chi connectivity index (χ1n) is 9.33. The second-order valence-corrected chi connectivity index (χ2v) is 6.66. The molecule has 2 aromatic heterocycles. The summed E-state index contributed by atoms with van der Waals surface area (Å²) in [6, 6.07) is 13.3. The molecule has 138 valence electrons. The lowest BCUT2D eigenvalue weighted by molar-refractivity contribution is 0.102. The third kappa shape index (κ3) is 3.75. The number of nitrogens with one attached hydrogen (secondary N) is 1. The van der Waals surface area contributed by atoms with Crippen molar-refractivity contribution in [2.45, 2.75) is 6.92 Å². The molecule has 1 aromatic carbocycles. The van der Waals surface area contributed by atoms with E-state index in [4.69, 9.17) is 0 Å². The molecule has 1 amide bonds. The van der Waals surface area contributed by atoms with Crippen LogP contribution in [0.1, 0.15) is 17.3 Å². The summed E-state index contributed by atoms with van der Waals surface area (Å²) in [7, 11) is 0. The van der Waals surface area contributed by atoms with Crippen LogP contribution in [0.4, 0.5) is 11.5 Å². The molecule has 0 saturated carbocycles. The fourth-order valence-corrected chi connectivity index (χ4v) is 3.43. The lowest BCUT2D eigenvalue weighted by Gasteiger charge is -2.34. The first-order valence-corrected chi connectivity index (χ1v) is 9.33. The third-order valence-corrected chi connectivity index (χ3v) is 5.03. The number of hydrogen-bond acceptors (Lipinski definition) is 5. The normalized spacial score (nSPS) is 15.1. The summed E-state index contributed by atoms with van der Waals surface area (Å²) in [5.74, 6) is 0.707. The first kappa shape index (κ1) is 17.4. The zero-order valence-electron chi connectivity index (χ0n) is 15.4. The lowest BCUT2D eigenvalue weighted by atomic mass is 10.1. The smallest absolute Gasteiger partial charge is 0.255 e. The Morgan fingerprint density at radius 3 is 2.67 bits per heavy atom. The van der Waals surface area contributed by atoms with E-state index in [1.54, 1.807) is 18.5 Å². The van der Waals surface area contributed by atoms with Crippen LogP contribution in [0.2, 0.25) is 0 Å². The van der Waals surface area contributed by atoms with Crippen molar-refractivity contribution >= 4 is 28.3 Å². The van der Waals surface area contributed by atoms with Crippen LogP contribution in [-0.4, -0.2) is 53.5 Å². The van der Waals surface area contributed by atoms with E-state index >= 15 is 0 Å². The number of para-hydroxylation sites is 1. The Morgan fingerprint density at radius 2 is 1.85 bits per heavy atom. The summed E-state index contributed by atoms with van der Waals surface area (Å²) in [6.45, 7) is 7.16. The predicted molar refractivity (Wildman–Crippen MR) is 108 cm³/mol. The number of pyridine rings is 2. The van der Waals surface area contributed by atoms with Gasteiger partial charge in [0.05, 0.1) is 11.2 Å². The maximum absolute atomic E-state index is 12.8. The molecule has 0 atom stereocenters. The highest BCUT2D eigenvalue weighted by molar-refractivity contribution is 6.08. The Bertz CT molecular complexity index is 945. The van der Waals surface area contributed by atoms with Crippen LogP contribution in [0.25, 0.3) is 10.9 Å². The molecule has 0 unspecified atom stereocenters. The molecule has 1 saturated heterocycles. The second kappa shape index (κ2) is 7.72. The van der Waals surface area contributed by atoms with Crippen molar-refractivity contribution in [2.75, 3.05) is 42.9 Å². The van der Waals surface area contributed by atoms with Crippen LogP contribution < -0.4 is 10.2 Å². The summed E-state index contributed by atoms with van der Waals surface area (Å²) in [6.07, 6.45) is 3.44. The van der Waals surface area contributed by atoms with Crippen LogP contribution in [0.3, 0.4) is 0 Å². The molecule has 27 heavy (non-hydrogen) atoms. The van der Waals surface area contributed by atoms with E-state index in [9.17, 15) is 4.79 Å². The van der Waals surface area contributed by atoms with Gasteiger partial charge in [-0.1, -0.05) is 25.1 Å². The van der Waals surface area contributed by atoms with Crippen LogP contribution in [-0.2, 0) is 0 Å². The van der Waals surface area contributed by atoms with E-state index in [1.165, 1.54) is 0 Å². The van der Waals surface area contributed by atoms with Gasteiger partial charge >= 0.3 is 0 Å². The van der Waals surface area contributed by atoms with Gasteiger partial charge in [-0.15, -0.1) is 0 Å².